The second-order valence-corrected chi connectivity index (χ2v) is 6.09. The molecule has 3 rings (SSSR count). The number of carbonyl (C=O) groups is 3. The molecule has 2 heterocycles. The van der Waals surface area contributed by atoms with E-state index in [0.717, 1.165) is 38.8 Å². The van der Waals surface area contributed by atoms with E-state index < -0.39 is 0 Å². The van der Waals surface area contributed by atoms with Crippen molar-refractivity contribution in [3.63, 3.8) is 0 Å². The summed E-state index contributed by atoms with van der Waals surface area (Å²) in [5, 5.41) is 5.94. The lowest BCUT2D eigenvalue weighted by molar-refractivity contribution is -0.143. The Morgan fingerprint density at radius 2 is 1.71 bits per heavy atom. The average molecular weight is 316 g/mol. The van der Waals surface area contributed by atoms with Crippen LogP contribution in [0.3, 0.4) is 0 Å². The molecule has 2 aliphatic heterocycles. The fourth-order valence-corrected chi connectivity index (χ4v) is 3.34. The molecule has 21 heavy (non-hydrogen) atoms. The van der Waals surface area contributed by atoms with Crippen molar-refractivity contribution in [3.8, 4) is 0 Å². The Hall–Kier alpha value is -1.14. The molecule has 1 aliphatic carbocycles. The van der Waals surface area contributed by atoms with Crippen LogP contribution in [0.1, 0.15) is 25.7 Å². The van der Waals surface area contributed by atoms with Gasteiger partial charge in [0.15, 0.2) is 0 Å². The first-order chi connectivity index (χ1) is 9.66. The van der Waals surface area contributed by atoms with Gasteiger partial charge in [-0.3, -0.25) is 19.3 Å². The minimum Gasteiger partial charge on any atom is -0.354 e. The molecule has 2 saturated heterocycles. The number of fused-ring (bicyclic) bond motifs is 1. The second kappa shape index (κ2) is 6.75. The smallest absolute Gasteiger partial charge is 0.240 e. The Morgan fingerprint density at radius 3 is 2.19 bits per heavy atom. The van der Waals surface area contributed by atoms with Crippen molar-refractivity contribution in [2.75, 3.05) is 26.2 Å². The third kappa shape index (κ3) is 3.21. The molecule has 0 aromatic heterocycles. The summed E-state index contributed by atoms with van der Waals surface area (Å²) < 4.78 is 0. The van der Waals surface area contributed by atoms with E-state index in [4.69, 9.17) is 0 Å². The lowest BCUT2D eigenvalue weighted by Gasteiger charge is -2.27. The number of likely N-dealkylation sites (tertiary alicyclic amines) is 1. The monoisotopic (exact) mass is 315 g/mol. The van der Waals surface area contributed by atoms with Gasteiger partial charge in [0.1, 0.15) is 6.54 Å². The molecule has 6 nitrogen and oxygen atoms in total. The molecule has 118 valence electrons. The van der Waals surface area contributed by atoms with Crippen LogP contribution in [0.5, 0.6) is 0 Å². The quantitative estimate of drug-likeness (QED) is 0.711. The molecule has 0 spiro atoms. The number of rotatable bonds is 4. The Morgan fingerprint density at radius 1 is 1.14 bits per heavy atom. The van der Waals surface area contributed by atoms with Crippen LogP contribution >= 0.6 is 12.4 Å². The van der Waals surface area contributed by atoms with Crippen LogP contribution < -0.4 is 10.6 Å². The average Bonchev–Trinajstić information content (AvgIpc) is 2.63. The largest absolute Gasteiger partial charge is 0.354 e. The number of halogens is 1. The fraction of sp³-hybridized carbons (Fsp3) is 0.786. The first-order valence-corrected chi connectivity index (χ1v) is 7.49. The van der Waals surface area contributed by atoms with Crippen LogP contribution in [0.2, 0.25) is 0 Å². The lowest BCUT2D eigenvalue weighted by atomic mass is 9.81. The molecule has 3 amide bonds. The predicted octanol–water partition coefficient (Wildman–Crippen LogP) is -0.0810. The Kier molecular flexibility index (Phi) is 5.22. The maximum absolute atomic E-state index is 12.2. The number of imide groups is 1. The van der Waals surface area contributed by atoms with E-state index in [2.05, 4.69) is 10.6 Å². The summed E-state index contributed by atoms with van der Waals surface area (Å²) in [6, 6.07) is 0. The van der Waals surface area contributed by atoms with E-state index in [0.29, 0.717) is 12.5 Å². The van der Waals surface area contributed by atoms with E-state index >= 15 is 0 Å². The molecule has 3 fully saturated rings. The van der Waals surface area contributed by atoms with Crippen molar-refractivity contribution < 1.29 is 14.4 Å². The maximum Gasteiger partial charge on any atom is 0.240 e. The van der Waals surface area contributed by atoms with Gasteiger partial charge in [-0.25, -0.2) is 0 Å². The van der Waals surface area contributed by atoms with Crippen LogP contribution in [0.25, 0.3) is 0 Å². The Bertz CT molecular complexity index is 415. The van der Waals surface area contributed by atoms with Gasteiger partial charge in [0.2, 0.25) is 17.7 Å². The van der Waals surface area contributed by atoms with E-state index in [-0.39, 0.29) is 48.5 Å². The SMILES string of the molecule is Cl.O=C(CN1C(=O)C2CCCCC2C1=O)NCC1CNC1. The zero-order valence-electron chi connectivity index (χ0n) is 12.0. The summed E-state index contributed by atoms with van der Waals surface area (Å²) in [6.45, 7) is 2.36. The summed E-state index contributed by atoms with van der Waals surface area (Å²) >= 11 is 0. The van der Waals surface area contributed by atoms with Crippen molar-refractivity contribution in [1.29, 1.82) is 0 Å². The number of amides is 3. The van der Waals surface area contributed by atoms with Crippen molar-refractivity contribution in [2.45, 2.75) is 25.7 Å². The zero-order chi connectivity index (χ0) is 14.1. The summed E-state index contributed by atoms with van der Waals surface area (Å²) in [5.41, 5.74) is 0. The topological polar surface area (TPSA) is 78.5 Å². The third-order valence-electron chi connectivity index (χ3n) is 4.69. The Balaban J connectivity index is 0.00000161. The molecule has 0 radical (unpaired) electrons. The lowest BCUT2D eigenvalue weighted by Crippen LogP contribution is -2.50. The number of nitrogens with zero attached hydrogens (tertiary/aromatic N) is 1. The molecule has 0 bridgehead atoms. The highest BCUT2D eigenvalue weighted by Gasteiger charge is 2.48. The van der Waals surface area contributed by atoms with Gasteiger partial charge in [-0.2, -0.15) is 0 Å². The predicted molar refractivity (Wildman–Crippen MR) is 78.8 cm³/mol. The number of hydrogen-bond donors (Lipinski definition) is 2. The highest BCUT2D eigenvalue weighted by atomic mass is 35.5. The number of hydrogen-bond acceptors (Lipinski definition) is 4. The van der Waals surface area contributed by atoms with Crippen LogP contribution in [0.4, 0.5) is 0 Å². The highest BCUT2D eigenvalue weighted by Crippen LogP contribution is 2.37. The van der Waals surface area contributed by atoms with Gasteiger partial charge in [-0.1, -0.05) is 12.8 Å². The molecule has 2 unspecified atom stereocenters. The molecular formula is C14H22ClN3O3. The number of carbonyl (C=O) groups excluding carboxylic acids is 3. The highest BCUT2D eigenvalue weighted by molar-refractivity contribution is 6.07. The standard InChI is InChI=1S/C14H21N3O3.ClH/c18-12(16-7-9-5-15-6-9)8-17-13(19)10-3-1-2-4-11(10)14(17)20;/h9-11,15H,1-8H2,(H,16,18);1H. The molecule has 2 N–H and O–H groups in total. The van der Waals surface area contributed by atoms with Gasteiger partial charge in [0.25, 0.3) is 0 Å². The van der Waals surface area contributed by atoms with Gasteiger partial charge < -0.3 is 10.6 Å². The fourth-order valence-electron chi connectivity index (χ4n) is 3.34. The van der Waals surface area contributed by atoms with Gasteiger partial charge in [-0.05, 0) is 12.8 Å². The molecule has 1 saturated carbocycles. The summed E-state index contributed by atoms with van der Waals surface area (Å²) in [5.74, 6) is -0.358. The van der Waals surface area contributed by atoms with Crippen molar-refractivity contribution in [1.82, 2.24) is 15.5 Å². The zero-order valence-corrected chi connectivity index (χ0v) is 12.8. The van der Waals surface area contributed by atoms with Crippen molar-refractivity contribution >= 4 is 30.1 Å². The summed E-state index contributed by atoms with van der Waals surface area (Å²) in [7, 11) is 0. The van der Waals surface area contributed by atoms with Crippen molar-refractivity contribution in [3.05, 3.63) is 0 Å². The first-order valence-electron chi connectivity index (χ1n) is 7.49. The van der Waals surface area contributed by atoms with Gasteiger partial charge in [0, 0.05) is 25.6 Å². The molecule has 7 heteroatoms. The summed E-state index contributed by atoms with van der Waals surface area (Å²) in [6.07, 6.45) is 3.60. The van der Waals surface area contributed by atoms with E-state index in [9.17, 15) is 14.4 Å². The molecular weight excluding hydrogens is 294 g/mol. The maximum atomic E-state index is 12.2. The molecule has 0 aromatic carbocycles. The van der Waals surface area contributed by atoms with Crippen LogP contribution in [-0.2, 0) is 14.4 Å². The summed E-state index contributed by atoms with van der Waals surface area (Å²) in [4.78, 5) is 37.5. The molecule has 0 aromatic rings. The first kappa shape index (κ1) is 16.2. The minimum absolute atomic E-state index is 0. The van der Waals surface area contributed by atoms with Crippen LogP contribution in [0.15, 0.2) is 0 Å². The third-order valence-corrected chi connectivity index (χ3v) is 4.69. The van der Waals surface area contributed by atoms with Gasteiger partial charge in [-0.15, -0.1) is 12.4 Å². The van der Waals surface area contributed by atoms with E-state index in [1.54, 1.807) is 0 Å². The van der Waals surface area contributed by atoms with Gasteiger partial charge >= 0.3 is 0 Å². The van der Waals surface area contributed by atoms with Crippen LogP contribution in [0, 0.1) is 17.8 Å². The second-order valence-electron chi connectivity index (χ2n) is 6.09. The molecule has 3 aliphatic rings. The van der Waals surface area contributed by atoms with E-state index in [1.165, 1.54) is 4.90 Å². The van der Waals surface area contributed by atoms with Crippen LogP contribution in [-0.4, -0.2) is 48.8 Å². The van der Waals surface area contributed by atoms with Gasteiger partial charge in [0.05, 0.1) is 11.8 Å². The minimum atomic E-state index is -0.225. The normalized spacial score (nSPS) is 28.7. The molecule has 2 atom stereocenters. The Labute approximate surface area is 130 Å². The van der Waals surface area contributed by atoms with E-state index in [1.807, 2.05) is 0 Å². The van der Waals surface area contributed by atoms with Crippen molar-refractivity contribution in [2.24, 2.45) is 17.8 Å². The number of nitrogens with one attached hydrogen (secondary N) is 2.